The summed E-state index contributed by atoms with van der Waals surface area (Å²) in [5.41, 5.74) is 0.375. The summed E-state index contributed by atoms with van der Waals surface area (Å²) in [7, 11) is 0. The van der Waals surface area contributed by atoms with E-state index in [0.29, 0.717) is 22.4 Å². The molecule has 0 bridgehead atoms. The average molecular weight is 698 g/mol. The van der Waals surface area contributed by atoms with Gasteiger partial charge in [-0.25, -0.2) is 9.59 Å². The first-order valence-electron chi connectivity index (χ1n) is 14.9. The number of aliphatic carboxylic acids is 1. The number of phenolic OH excluding ortho intramolecular Hbond substituents is 2. The molecule has 3 aromatic rings. The van der Waals surface area contributed by atoms with Gasteiger partial charge in [-0.1, -0.05) is 6.07 Å². The van der Waals surface area contributed by atoms with Crippen LogP contribution in [-0.2, 0) is 24.7 Å². The van der Waals surface area contributed by atoms with E-state index in [9.17, 15) is 50.1 Å². The molecule has 1 amide bonds. The molecule has 3 aromatic carbocycles. The molecule has 0 unspecified atom stereocenters. The summed E-state index contributed by atoms with van der Waals surface area (Å²) in [6.45, 7) is 0.679. The highest BCUT2D eigenvalue weighted by molar-refractivity contribution is 7.80. The smallest absolute Gasteiger partial charge is 0.364 e. The van der Waals surface area contributed by atoms with E-state index in [-0.39, 0.29) is 33.7 Å². The van der Waals surface area contributed by atoms with Gasteiger partial charge in [-0.05, 0) is 48.6 Å². The summed E-state index contributed by atoms with van der Waals surface area (Å²) in [6.07, 6.45) is -7.83. The fourth-order valence-corrected chi connectivity index (χ4v) is 6.51. The maximum atomic E-state index is 13.4. The number of thiocarbonyl (C=S) groups is 1. The van der Waals surface area contributed by atoms with Crippen LogP contribution in [0, 0.1) is 0 Å². The Kier molecular flexibility index (Phi) is 8.60. The molecule has 1 fully saturated rings. The molecule has 0 saturated carbocycles. The minimum atomic E-state index is -2.89. The van der Waals surface area contributed by atoms with Crippen molar-refractivity contribution in [3.8, 4) is 23.0 Å². The number of rotatable bonds is 7. The molecule has 0 aromatic heterocycles. The first kappa shape index (κ1) is 33.8. The maximum absolute atomic E-state index is 13.4. The molecule has 16 nitrogen and oxygen atoms in total. The average Bonchev–Trinajstić information content (AvgIpc) is 3.31. The minimum Gasteiger partial charge on any atom is -0.508 e. The molecule has 258 valence electrons. The predicted molar refractivity (Wildman–Crippen MR) is 170 cm³/mol. The molecule has 0 aliphatic carbocycles. The lowest BCUT2D eigenvalue weighted by Gasteiger charge is -2.44. The second-order valence-corrected chi connectivity index (χ2v) is 12.3. The van der Waals surface area contributed by atoms with Crippen LogP contribution in [0.1, 0.15) is 40.4 Å². The summed E-state index contributed by atoms with van der Waals surface area (Å²) in [6, 6.07) is 12.1. The second-order valence-electron chi connectivity index (χ2n) is 11.9. The fraction of sp³-hybridized carbons (Fsp3) is 0.312. The van der Waals surface area contributed by atoms with E-state index >= 15 is 0 Å². The molecule has 17 heteroatoms. The lowest BCUT2D eigenvalue weighted by atomic mass is 9.77. The molecule has 6 rings (SSSR count). The lowest BCUT2D eigenvalue weighted by molar-refractivity contribution is -0.294. The van der Waals surface area contributed by atoms with Crippen molar-refractivity contribution in [2.75, 3.05) is 11.9 Å². The molecular weight excluding hydrogens is 666 g/mol. The van der Waals surface area contributed by atoms with E-state index in [1.165, 1.54) is 30.3 Å². The van der Waals surface area contributed by atoms with Gasteiger partial charge in [0.2, 0.25) is 5.91 Å². The second kappa shape index (κ2) is 12.4. The van der Waals surface area contributed by atoms with E-state index in [0.717, 1.165) is 6.92 Å². The van der Waals surface area contributed by atoms with E-state index in [2.05, 4.69) is 16.0 Å². The third-order valence-electron chi connectivity index (χ3n) is 8.52. The van der Waals surface area contributed by atoms with Crippen LogP contribution in [0.5, 0.6) is 23.0 Å². The standard InChI is InChI=1S/C32H31N3O13S/c1-13(36)34-25-21(39)11-31(45,29(43)44)47-27(25)26(41)22(40)12-33-30(49)35-14-2-5-18-17(8-14)28(42)48-32(18)19-6-3-15(37)9-23(19)46-24-10-16(38)4-7-20(24)32/h2-10,21-22,25-27,37-41,45H,11-12H2,1H3,(H,34,36)(H,43,44)(H2,33,35,49)/t21-,22+,25-,26+,27-,31-/m1/s1. The Morgan fingerprint density at radius 1 is 1.00 bits per heavy atom. The van der Waals surface area contributed by atoms with Crippen LogP contribution >= 0.6 is 12.2 Å². The van der Waals surface area contributed by atoms with Gasteiger partial charge in [-0.15, -0.1) is 0 Å². The molecule has 1 spiro atoms. The number of phenols is 2. The number of aromatic hydroxyl groups is 2. The van der Waals surface area contributed by atoms with Crippen molar-refractivity contribution >= 4 is 40.9 Å². The number of carboxylic acid groups (broad SMARTS) is 1. The molecule has 1 saturated heterocycles. The quantitative estimate of drug-likeness (QED) is 0.116. The van der Waals surface area contributed by atoms with Crippen LogP contribution in [0.25, 0.3) is 0 Å². The van der Waals surface area contributed by atoms with E-state index in [1.54, 1.807) is 24.3 Å². The topological polar surface area (TPSA) is 257 Å². The first-order chi connectivity index (χ1) is 23.1. The Bertz CT molecular complexity index is 1820. The highest BCUT2D eigenvalue weighted by Crippen LogP contribution is 2.57. The van der Waals surface area contributed by atoms with Crippen molar-refractivity contribution in [1.29, 1.82) is 0 Å². The lowest BCUT2D eigenvalue weighted by Crippen LogP contribution is -2.67. The third kappa shape index (κ3) is 5.96. The van der Waals surface area contributed by atoms with Crippen LogP contribution in [0.15, 0.2) is 54.6 Å². The first-order valence-corrected chi connectivity index (χ1v) is 15.3. The van der Waals surface area contributed by atoms with Gasteiger partial charge in [0.05, 0.1) is 23.8 Å². The largest absolute Gasteiger partial charge is 0.508 e. The Morgan fingerprint density at radius 3 is 2.20 bits per heavy atom. The van der Waals surface area contributed by atoms with Crippen molar-refractivity contribution in [3.63, 3.8) is 0 Å². The van der Waals surface area contributed by atoms with E-state index in [4.69, 9.17) is 26.4 Å². The number of amides is 1. The molecule has 0 radical (unpaired) electrons. The van der Waals surface area contributed by atoms with Crippen LogP contribution in [0.4, 0.5) is 5.69 Å². The number of benzene rings is 3. The number of hydrogen-bond acceptors (Lipinski definition) is 13. The summed E-state index contributed by atoms with van der Waals surface area (Å²) in [5.74, 6) is -5.78. The highest BCUT2D eigenvalue weighted by Gasteiger charge is 2.55. The number of anilines is 1. The summed E-state index contributed by atoms with van der Waals surface area (Å²) < 4.78 is 17.2. The normalized spacial score (nSPS) is 24.3. The summed E-state index contributed by atoms with van der Waals surface area (Å²) in [5, 5.41) is 79.8. The number of fused-ring (bicyclic) bond motifs is 6. The Morgan fingerprint density at radius 2 is 1.61 bits per heavy atom. The van der Waals surface area contributed by atoms with Crippen molar-refractivity contribution in [2.24, 2.45) is 0 Å². The molecular formula is C32H31N3O13S. The molecule has 49 heavy (non-hydrogen) atoms. The van der Waals surface area contributed by atoms with Crippen molar-refractivity contribution in [3.05, 3.63) is 76.9 Å². The van der Waals surface area contributed by atoms with Crippen molar-refractivity contribution < 1.29 is 64.3 Å². The Hall–Kier alpha value is -5.04. The number of carbonyl (C=O) groups excluding carboxylic acids is 2. The van der Waals surface area contributed by atoms with Crippen molar-refractivity contribution in [2.45, 2.75) is 55.2 Å². The number of carboxylic acids is 1. The number of ether oxygens (including phenoxy) is 3. The monoisotopic (exact) mass is 697 g/mol. The SMILES string of the molecule is CC(=O)N[C@H]1[C@H]([C@@H](O)[C@@H](O)CNC(=S)Nc2ccc3c(c2)C(=O)OC32c3ccc(O)cc3Oc3cc(O)ccc32)O[C@@](O)(C(=O)O)C[C@H]1O. The van der Waals surface area contributed by atoms with Gasteiger partial charge in [-0.2, -0.15) is 0 Å². The number of aliphatic hydroxyl groups excluding tert-OH is 3. The van der Waals surface area contributed by atoms with Gasteiger partial charge in [0.15, 0.2) is 10.7 Å². The molecule has 10 N–H and O–H groups in total. The van der Waals surface area contributed by atoms with Gasteiger partial charge in [-0.3, -0.25) is 4.79 Å². The molecule has 3 heterocycles. The number of nitrogens with one attached hydrogen (secondary N) is 3. The van der Waals surface area contributed by atoms with Gasteiger partial charge in [0.25, 0.3) is 5.79 Å². The minimum absolute atomic E-state index is 0.0648. The Balaban J connectivity index is 1.19. The number of carbonyl (C=O) groups is 3. The third-order valence-corrected chi connectivity index (χ3v) is 8.77. The Labute approximate surface area is 282 Å². The van der Waals surface area contributed by atoms with Gasteiger partial charge in [0.1, 0.15) is 35.2 Å². The maximum Gasteiger partial charge on any atom is 0.364 e. The predicted octanol–water partition coefficient (Wildman–Crippen LogP) is 0.102. The molecule has 3 aliphatic rings. The van der Waals surface area contributed by atoms with E-state index < -0.39 is 72.7 Å². The summed E-state index contributed by atoms with van der Waals surface area (Å²) >= 11 is 5.33. The zero-order chi connectivity index (χ0) is 35.4. The van der Waals surface area contributed by atoms with Crippen LogP contribution in [0.3, 0.4) is 0 Å². The molecule has 6 atom stereocenters. The number of hydrogen-bond donors (Lipinski definition) is 10. The van der Waals surface area contributed by atoms with Crippen LogP contribution < -0.4 is 20.7 Å². The van der Waals surface area contributed by atoms with E-state index in [1.807, 2.05) is 0 Å². The van der Waals surface area contributed by atoms with Gasteiger partial charge in [0, 0.05) is 54.4 Å². The summed E-state index contributed by atoms with van der Waals surface area (Å²) in [4.78, 5) is 36.6. The number of esters is 1. The van der Waals surface area contributed by atoms with Crippen molar-refractivity contribution in [1.82, 2.24) is 10.6 Å². The fourth-order valence-electron chi connectivity index (χ4n) is 6.30. The van der Waals surface area contributed by atoms with Crippen LogP contribution in [0.2, 0.25) is 0 Å². The highest BCUT2D eigenvalue weighted by atomic mass is 32.1. The van der Waals surface area contributed by atoms with Gasteiger partial charge < -0.3 is 65.9 Å². The van der Waals surface area contributed by atoms with Crippen LogP contribution in [-0.4, -0.2) is 101 Å². The zero-order valence-electron chi connectivity index (χ0n) is 25.5. The zero-order valence-corrected chi connectivity index (χ0v) is 26.3. The number of aliphatic hydroxyl groups is 4. The van der Waals surface area contributed by atoms with Gasteiger partial charge >= 0.3 is 11.9 Å². The molecule has 3 aliphatic heterocycles.